The van der Waals surface area contributed by atoms with Gasteiger partial charge in [-0.05, 0) is 62.0 Å². The molecule has 0 unspecified atom stereocenters. The van der Waals surface area contributed by atoms with Crippen molar-refractivity contribution in [3.63, 3.8) is 0 Å². The van der Waals surface area contributed by atoms with E-state index < -0.39 is 0 Å². The zero-order valence-electron chi connectivity index (χ0n) is 16.3. The number of hydrogen-bond acceptors (Lipinski definition) is 3. The van der Waals surface area contributed by atoms with E-state index in [1.165, 1.54) is 6.07 Å². The molecule has 0 radical (unpaired) electrons. The van der Waals surface area contributed by atoms with E-state index in [0.29, 0.717) is 17.3 Å². The molecule has 1 aliphatic heterocycles. The molecule has 4 rings (SSSR count). The molecule has 2 aromatic heterocycles. The van der Waals surface area contributed by atoms with Crippen LogP contribution in [0.3, 0.4) is 0 Å². The minimum atomic E-state index is -0.269. The maximum absolute atomic E-state index is 14.5. The van der Waals surface area contributed by atoms with Gasteiger partial charge in [0.05, 0.1) is 30.1 Å². The fraction of sp³-hybridized carbons (Fsp3) is 0.273. The van der Waals surface area contributed by atoms with Gasteiger partial charge in [-0.3, -0.25) is 4.98 Å². The molecule has 3 aromatic rings. The number of benzene rings is 1. The molecule has 150 valence electrons. The third-order valence-corrected chi connectivity index (χ3v) is 5.77. The molecule has 1 fully saturated rings. The fourth-order valence-electron chi connectivity index (χ4n) is 4.18. The predicted molar refractivity (Wildman–Crippen MR) is 114 cm³/mol. The Kier molecular flexibility index (Phi) is 5.34. The molecule has 1 aromatic carbocycles. The third kappa shape index (κ3) is 3.41. The second kappa shape index (κ2) is 7.93. The highest BCUT2D eigenvalue weighted by atomic mass is 32.1. The molecule has 2 atom stereocenters. The highest BCUT2D eigenvalue weighted by Crippen LogP contribution is 2.41. The Labute approximate surface area is 174 Å². The van der Waals surface area contributed by atoms with Crippen LogP contribution in [-0.4, -0.2) is 37.8 Å². The van der Waals surface area contributed by atoms with E-state index in [9.17, 15) is 9.50 Å². The molecular weight excluding hydrogens is 387 g/mol. The molecule has 0 saturated carbocycles. The summed E-state index contributed by atoms with van der Waals surface area (Å²) < 4.78 is 16.4. The summed E-state index contributed by atoms with van der Waals surface area (Å²) in [4.78, 5) is 6.51. The van der Waals surface area contributed by atoms with Crippen molar-refractivity contribution in [2.24, 2.45) is 0 Å². The van der Waals surface area contributed by atoms with Crippen molar-refractivity contribution in [3.8, 4) is 5.69 Å². The van der Waals surface area contributed by atoms with Gasteiger partial charge in [0.25, 0.3) is 0 Å². The minimum Gasteiger partial charge on any atom is -0.395 e. The first-order valence-corrected chi connectivity index (χ1v) is 9.96. The Morgan fingerprint density at radius 2 is 1.93 bits per heavy atom. The summed E-state index contributed by atoms with van der Waals surface area (Å²) in [5.74, 6) is -0.269. The monoisotopic (exact) mass is 410 g/mol. The number of para-hydroxylation sites is 1. The number of nitrogens with zero attached hydrogens (tertiary/aromatic N) is 3. The lowest BCUT2D eigenvalue weighted by molar-refractivity contribution is 0.223. The summed E-state index contributed by atoms with van der Waals surface area (Å²) in [6.45, 7) is 4.35. The second-order valence-electron chi connectivity index (χ2n) is 7.16. The number of aliphatic hydroxyl groups is 1. The first-order valence-electron chi connectivity index (χ1n) is 9.55. The first-order chi connectivity index (χ1) is 14.0. The van der Waals surface area contributed by atoms with Crippen molar-refractivity contribution in [1.82, 2.24) is 19.8 Å². The minimum absolute atomic E-state index is 0.0146. The van der Waals surface area contributed by atoms with E-state index in [-0.39, 0.29) is 24.5 Å². The van der Waals surface area contributed by atoms with Crippen LogP contribution in [0.25, 0.3) is 5.69 Å². The number of rotatable bonds is 5. The van der Waals surface area contributed by atoms with E-state index in [1.54, 1.807) is 18.3 Å². The van der Waals surface area contributed by atoms with Crippen LogP contribution in [0.2, 0.25) is 0 Å². The number of pyridine rings is 1. The van der Waals surface area contributed by atoms with Crippen LogP contribution in [-0.2, 0) is 0 Å². The van der Waals surface area contributed by atoms with Crippen LogP contribution in [0.5, 0.6) is 0 Å². The molecule has 0 aliphatic carbocycles. The van der Waals surface area contributed by atoms with Crippen molar-refractivity contribution >= 4 is 17.3 Å². The van der Waals surface area contributed by atoms with Crippen molar-refractivity contribution in [2.75, 3.05) is 13.2 Å². The molecule has 0 amide bonds. The Balaban J connectivity index is 1.85. The van der Waals surface area contributed by atoms with Crippen molar-refractivity contribution in [1.29, 1.82) is 0 Å². The SMILES string of the molecule is Cc1cc([C@@H]2[C@@H](c3ccccn3)NC(=S)N2CCO)c(C)n1-c1ccccc1F. The van der Waals surface area contributed by atoms with Gasteiger partial charge in [0.2, 0.25) is 0 Å². The van der Waals surface area contributed by atoms with Crippen LogP contribution in [0.4, 0.5) is 4.39 Å². The van der Waals surface area contributed by atoms with Gasteiger partial charge >= 0.3 is 0 Å². The summed E-state index contributed by atoms with van der Waals surface area (Å²) in [5, 5.41) is 13.6. The number of hydrogen-bond donors (Lipinski definition) is 2. The normalized spacial score (nSPS) is 18.9. The maximum atomic E-state index is 14.5. The van der Waals surface area contributed by atoms with E-state index in [1.807, 2.05) is 47.6 Å². The topological polar surface area (TPSA) is 53.3 Å². The Hall–Kier alpha value is -2.77. The number of nitrogens with one attached hydrogen (secondary N) is 1. The first kappa shape index (κ1) is 19.5. The Morgan fingerprint density at radius 3 is 2.62 bits per heavy atom. The summed E-state index contributed by atoms with van der Waals surface area (Å²) in [7, 11) is 0. The Morgan fingerprint density at radius 1 is 1.17 bits per heavy atom. The molecule has 3 heterocycles. The predicted octanol–water partition coefficient (Wildman–Crippen LogP) is 3.59. The van der Waals surface area contributed by atoms with Crippen LogP contribution in [0.15, 0.2) is 54.7 Å². The average molecular weight is 411 g/mol. The number of aliphatic hydroxyl groups excluding tert-OH is 1. The fourth-order valence-corrected chi connectivity index (χ4v) is 4.52. The van der Waals surface area contributed by atoms with Gasteiger partial charge < -0.3 is 19.9 Å². The molecule has 0 bridgehead atoms. The van der Waals surface area contributed by atoms with Crippen LogP contribution in [0.1, 0.15) is 34.7 Å². The number of aromatic nitrogens is 2. The number of aryl methyl sites for hydroxylation is 1. The standard InChI is InChI=1S/C22H23FN4OS/c1-14-13-16(15(2)27(14)19-9-4-3-7-17(19)23)21-20(18-8-5-6-10-24-18)25-22(29)26(21)11-12-28/h3-10,13,20-21,28H,11-12H2,1-2H3,(H,25,29)/t20-,21-/m1/s1. The number of β-amino-alcohol motifs (C(OH)–C–C–N with tert-alkyl or cyclic N) is 1. The van der Waals surface area contributed by atoms with Gasteiger partial charge in [0.1, 0.15) is 5.82 Å². The Bertz CT molecular complexity index is 1040. The van der Waals surface area contributed by atoms with Gasteiger partial charge in [-0.15, -0.1) is 0 Å². The van der Waals surface area contributed by atoms with Crippen molar-refractivity contribution < 1.29 is 9.50 Å². The smallest absolute Gasteiger partial charge is 0.170 e. The highest BCUT2D eigenvalue weighted by Gasteiger charge is 2.41. The van der Waals surface area contributed by atoms with E-state index in [0.717, 1.165) is 22.6 Å². The quantitative estimate of drug-likeness (QED) is 0.630. The summed E-state index contributed by atoms with van der Waals surface area (Å²) >= 11 is 5.57. The van der Waals surface area contributed by atoms with Gasteiger partial charge in [0, 0.05) is 24.1 Å². The molecule has 29 heavy (non-hydrogen) atoms. The lowest BCUT2D eigenvalue weighted by Gasteiger charge is -2.27. The van der Waals surface area contributed by atoms with E-state index in [2.05, 4.69) is 16.4 Å². The van der Waals surface area contributed by atoms with E-state index >= 15 is 0 Å². The molecule has 5 nitrogen and oxygen atoms in total. The molecule has 0 spiro atoms. The second-order valence-corrected chi connectivity index (χ2v) is 7.54. The molecule has 1 aliphatic rings. The van der Waals surface area contributed by atoms with Crippen molar-refractivity contribution in [3.05, 3.63) is 83.2 Å². The van der Waals surface area contributed by atoms with E-state index in [4.69, 9.17) is 12.2 Å². The van der Waals surface area contributed by atoms with Crippen LogP contribution in [0, 0.1) is 19.7 Å². The lowest BCUT2D eigenvalue weighted by atomic mass is 9.97. The number of halogens is 1. The van der Waals surface area contributed by atoms with Gasteiger partial charge in [-0.2, -0.15) is 0 Å². The van der Waals surface area contributed by atoms with Crippen LogP contribution >= 0.6 is 12.2 Å². The largest absolute Gasteiger partial charge is 0.395 e. The highest BCUT2D eigenvalue weighted by molar-refractivity contribution is 7.80. The summed E-state index contributed by atoms with van der Waals surface area (Å²) in [6, 6.07) is 14.3. The molecule has 2 N–H and O–H groups in total. The average Bonchev–Trinajstić information content (AvgIpc) is 3.19. The zero-order chi connectivity index (χ0) is 20.5. The van der Waals surface area contributed by atoms with Crippen LogP contribution < -0.4 is 5.32 Å². The van der Waals surface area contributed by atoms with Gasteiger partial charge in [0.15, 0.2) is 5.11 Å². The van der Waals surface area contributed by atoms with Crippen molar-refractivity contribution in [2.45, 2.75) is 25.9 Å². The zero-order valence-corrected chi connectivity index (χ0v) is 17.2. The summed E-state index contributed by atoms with van der Waals surface area (Å²) in [6.07, 6.45) is 1.76. The lowest BCUT2D eigenvalue weighted by Crippen LogP contribution is -2.32. The summed E-state index contributed by atoms with van der Waals surface area (Å²) in [5.41, 5.74) is 4.29. The van der Waals surface area contributed by atoms with Gasteiger partial charge in [-0.1, -0.05) is 18.2 Å². The number of thiocarbonyl (C=S) groups is 1. The maximum Gasteiger partial charge on any atom is 0.170 e. The molecular formula is C22H23FN4OS. The van der Waals surface area contributed by atoms with Gasteiger partial charge in [-0.25, -0.2) is 4.39 Å². The molecule has 1 saturated heterocycles. The molecule has 7 heteroatoms. The third-order valence-electron chi connectivity index (χ3n) is 5.42.